The van der Waals surface area contributed by atoms with E-state index in [9.17, 15) is 14.4 Å². The van der Waals surface area contributed by atoms with E-state index < -0.39 is 6.10 Å². The van der Waals surface area contributed by atoms with Crippen molar-refractivity contribution in [2.24, 2.45) is 0 Å². The molecular formula is C75H130O6. The predicted molar refractivity (Wildman–Crippen MR) is 353 cm³/mol. The summed E-state index contributed by atoms with van der Waals surface area (Å²) < 4.78 is 16.9. The van der Waals surface area contributed by atoms with E-state index in [1.165, 1.54) is 193 Å². The van der Waals surface area contributed by atoms with Gasteiger partial charge < -0.3 is 14.2 Å². The molecule has 0 aromatic rings. The quantitative estimate of drug-likeness (QED) is 0.0261. The largest absolute Gasteiger partial charge is 0.462 e. The second kappa shape index (κ2) is 68.8. The van der Waals surface area contributed by atoms with Crippen molar-refractivity contribution in [2.75, 3.05) is 13.2 Å². The minimum absolute atomic E-state index is 0.0731. The number of ether oxygens (including phenoxy) is 3. The first kappa shape index (κ1) is 77.3. The van der Waals surface area contributed by atoms with Crippen molar-refractivity contribution in [2.45, 2.75) is 348 Å². The Kier molecular flexibility index (Phi) is 65.7. The molecule has 0 rings (SSSR count). The fourth-order valence-electron chi connectivity index (χ4n) is 9.93. The molecule has 0 aliphatic carbocycles. The molecule has 0 spiro atoms. The van der Waals surface area contributed by atoms with Crippen LogP contribution in [0, 0.1) is 0 Å². The molecule has 0 amide bonds. The highest BCUT2D eigenvalue weighted by Gasteiger charge is 2.19. The van der Waals surface area contributed by atoms with Crippen LogP contribution in [-0.4, -0.2) is 37.2 Å². The van der Waals surface area contributed by atoms with Gasteiger partial charge in [0.2, 0.25) is 0 Å². The molecule has 1 atom stereocenters. The highest BCUT2D eigenvalue weighted by molar-refractivity contribution is 5.71. The third-order valence-electron chi connectivity index (χ3n) is 15.1. The summed E-state index contributed by atoms with van der Waals surface area (Å²) in [5, 5.41) is 0. The van der Waals surface area contributed by atoms with Crippen LogP contribution in [0.2, 0.25) is 0 Å². The lowest BCUT2D eigenvalue weighted by Crippen LogP contribution is -2.30. The zero-order chi connectivity index (χ0) is 58.5. The number of esters is 3. The Bertz CT molecular complexity index is 1580. The zero-order valence-corrected chi connectivity index (χ0v) is 53.5. The number of unbranched alkanes of at least 4 members (excludes halogenated alkanes) is 36. The van der Waals surface area contributed by atoms with Gasteiger partial charge in [-0.15, -0.1) is 0 Å². The van der Waals surface area contributed by atoms with E-state index in [0.717, 1.165) is 109 Å². The molecule has 0 aromatic heterocycles. The summed E-state index contributed by atoms with van der Waals surface area (Å²) in [6.45, 7) is 6.54. The highest BCUT2D eigenvalue weighted by Crippen LogP contribution is 2.17. The molecule has 0 heterocycles. The molecule has 0 aromatic carbocycles. The molecule has 81 heavy (non-hydrogen) atoms. The van der Waals surface area contributed by atoms with Crippen molar-refractivity contribution >= 4 is 17.9 Å². The van der Waals surface area contributed by atoms with Gasteiger partial charge in [0.1, 0.15) is 13.2 Å². The van der Waals surface area contributed by atoms with Crippen LogP contribution in [0.3, 0.4) is 0 Å². The van der Waals surface area contributed by atoms with Crippen molar-refractivity contribution in [3.8, 4) is 0 Å². The molecule has 466 valence electrons. The summed E-state index contributed by atoms with van der Waals surface area (Å²) in [5.41, 5.74) is 0. The lowest BCUT2D eigenvalue weighted by molar-refractivity contribution is -0.167. The molecule has 0 bridgehead atoms. The third kappa shape index (κ3) is 67.0. The lowest BCUT2D eigenvalue weighted by Gasteiger charge is -2.18. The molecule has 1 unspecified atom stereocenters. The highest BCUT2D eigenvalue weighted by atomic mass is 16.6. The van der Waals surface area contributed by atoms with Crippen LogP contribution in [0.1, 0.15) is 342 Å². The van der Waals surface area contributed by atoms with E-state index in [2.05, 4.69) is 118 Å². The molecule has 0 N–H and O–H groups in total. The van der Waals surface area contributed by atoms with Gasteiger partial charge in [0, 0.05) is 19.3 Å². The Morgan fingerprint density at radius 2 is 0.481 bits per heavy atom. The van der Waals surface area contributed by atoms with Crippen molar-refractivity contribution < 1.29 is 28.6 Å². The molecule has 0 fully saturated rings. The van der Waals surface area contributed by atoms with Gasteiger partial charge in [-0.3, -0.25) is 14.4 Å². The Balaban J connectivity index is 4.11. The normalized spacial score (nSPS) is 12.7. The summed E-state index contributed by atoms with van der Waals surface area (Å²) in [4.78, 5) is 38.2. The molecule has 6 heteroatoms. The van der Waals surface area contributed by atoms with E-state index in [1.54, 1.807) is 0 Å². The van der Waals surface area contributed by atoms with Crippen molar-refractivity contribution in [1.82, 2.24) is 0 Å². The smallest absolute Gasteiger partial charge is 0.306 e. The first-order valence-corrected chi connectivity index (χ1v) is 34.7. The molecule has 0 saturated heterocycles. The Labute approximate surface area is 502 Å². The number of allylic oxidation sites excluding steroid dienone is 16. The van der Waals surface area contributed by atoms with E-state index in [4.69, 9.17) is 14.2 Å². The van der Waals surface area contributed by atoms with E-state index in [1.807, 2.05) is 0 Å². The maximum absolute atomic E-state index is 12.9. The number of hydrogen-bond donors (Lipinski definition) is 0. The summed E-state index contributed by atoms with van der Waals surface area (Å²) in [5.74, 6) is -0.866. The Morgan fingerprint density at radius 1 is 0.259 bits per heavy atom. The van der Waals surface area contributed by atoms with E-state index in [-0.39, 0.29) is 31.1 Å². The van der Waals surface area contributed by atoms with Crippen molar-refractivity contribution in [3.63, 3.8) is 0 Å². The summed E-state index contributed by atoms with van der Waals surface area (Å²) in [6.07, 6.45) is 93.1. The Morgan fingerprint density at radius 3 is 0.753 bits per heavy atom. The first-order valence-electron chi connectivity index (χ1n) is 34.7. The third-order valence-corrected chi connectivity index (χ3v) is 15.1. The first-order chi connectivity index (χ1) is 40.0. The van der Waals surface area contributed by atoms with E-state index >= 15 is 0 Å². The molecule has 0 aliphatic rings. The van der Waals surface area contributed by atoms with Gasteiger partial charge in [-0.1, -0.05) is 336 Å². The summed E-state index contributed by atoms with van der Waals surface area (Å²) >= 11 is 0. The molecule has 0 aliphatic heterocycles. The second-order valence-corrected chi connectivity index (χ2v) is 23.1. The molecule has 6 nitrogen and oxygen atoms in total. The SMILES string of the molecule is CC/C=C\C/C=C\C/C=C\C/C=C\C/C=C\C/C=C\C/C=C\C/C=C\CCCCCCCCCCCCC(=O)OCC(COC(=O)CCCCCCCCCC)OC(=O)CCCCCCCCCCCCCCCCCCCCCC. The topological polar surface area (TPSA) is 78.9 Å². The Hall–Kier alpha value is -3.67. The van der Waals surface area contributed by atoms with Gasteiger partial charge in [0.15, 0.2) is 6.10 Å². The predicted octanol–water partition coefficient (Wildman–Crippen LogP) is 24.0. The average molecular weight is 1130 g/mol. The van der Waals surface area contributed by atoms with Crippen LogP contribution in [0.25, 0.3) is 0 Å². The number of carbonyl (C=O) groups excluding carboxylic acids is 3. The second-order valence-electron chi connectivity index (χ2n) is 23.1. The van der Waals surface area contributed by atoms with Crippen LogP contribution in [0.15, 0.2) is 97.2 Å². The van der Waals surface area contributed by atoms with Crippen LogP contribution < -0.4 is 0 Å². The van der Waals surface area contributed by atoms with Gasteiger partial charge in [-0.05, 0) is 83.5 Å². The van der Waals surface area contributed by atoms with Crippen molar-refractivity contribution in [3.05, 3.63) is 97.2 Å². The molecular weight excluding hydrogens is 997 g/mol. The van der Waals surface area contributed by atoms with Gasteiger partial charge in [0.05, 0.1) is 0 Å². The lowest BCUT2D eigenvalue weighted by atomic mass is 10.0. The van der Waals surface area contributed by atoms with Crippen LogP contribution in [0.4, 0.5) is 0 Å². The zero-order valence-electron chi connectivity index (χ0n) is 53.5. The van der Waals surface area contributed by atoms with Crippen LogP contribution >= 0.6 is 0 Å². The number of rotatable bonds is 63. The van der Waals surface area contributed by atoms with Gasteiger partial charge in [-0.25, -0.2) is 0 Å². The molecule has 0 saturated carbocycles. The minimum Gasteiger partial charge on any atom is -0.462 e. The van der Waals surface area contributed by atoms with Gasteiger partial charge >= 0.3 is 17.9 Å². The average Bonchev–Trinajstić information content (AvgIpc) is 3.47. The monoisotopic (exact) mass is 1130 g/mol. The number of hydrogen-bond acceptors (Lipinski definition) is 6. The summed E-state index contributed by atoms with van der Waals surface area (Å²) in [7, 11) is 0. The maximum atomic E-state index is 12.9. The van der Waals surface area contributed by atoms with Gasteiger partial charge in [0.25, 0.3) is 0 Å². The van der Waals surface area contributed by atoms with Crippen LogP contribution in [-0.2, 0) is 28.6 Å². The van der Waals surface area contributed by atoms with Crippen molar-refractivity contribution in [1.29, 1.82) is 0 Å². The fourth-order valence-corrected chi connectivity index (χ4v) is 9.93. The number of carbonyl (C=O) groups is 3. The summed E-state index contributed by atoms with van der Waals surface area (Å²) in [6, 6.07) is 0. The maximum Gasteiger partial charge on any atom is 0.306 e. The standard InChI is InChI=1S/C75H130O6/c1-4-7-10-13-16-19-21-23-25-27-29-31-32-33-34-35-36-37-38-39-40-41-42-43-44-45-47-48-50-52-54-56-59-62-65-68-74(77)80-71-72(70-79-73(76)67-64-61-58-18-15-12-9-6-3)81-75(78)69-66-63-60-57-55-53-51-49-46-30-28-26-24-22-20-17-14-11-8-5-2/h7,10,16,19,23,25,29,31,33-34,36-37,39-40,42-43,72H,4-6,8-9,11-15,17-18,20-22,24,26-28,30,32,35,38,41,44-71H2,1-3H3/b10-7-,19-16-,25-23-,31-29-,34-33-,37-36-,40-39-,43-42-. The molecule has 0 radical (unpaired) electrons. The minimum atomic E-state index is -0.775. The fraction of sp³-hybridized carbons (Fsp3) is 0.747. The van der Waals surface area contributed by atoms with Gasteiger partial charge in [-0.2, -0.15) is 0 Å². The van der Waals surface area contributed by atoms with E-state index in [0.29, 0.717) is 19.3 Å². The van der Waals surface area contributed by atoms with Crippen LogP contribution in [0.5, 0.6) is 0 Å².